The third-order valence-electron chi connectivity index (χ3n) is 2.10. The quantitative estimate of drug-likeness (QED) is 0.686. The summed E-state index contributed by atoms with van der Waals surface area (Å²) in [5.74, 6) is 0.532. The lowest BCUT2D eigenvalue weighted by atomic mass is 10.3. The molecule has 5 nitrogen and oxygen atoms in total. The van der Waals surface area contributed by atoms with Crippen LogP contribution >= 0.6 is 11.3 Å². The molecular formula is C10H6N4OS. The number of hydrogen-bond acceptors (Lipinski definition) is 5. The third kappa shape index (κ3) is 1.49. The molecule has 0 aromatic carbocycles. The van der Waals surface area contributed by atoms with Crippen LogP contribution in [0.25, 0.3) is 21.9 Å². The molecule has 0 spiro atoms. The molecule has 0 amide bonds. The Morgan fingerprint density at radius 3 is 3.00 bits per heavy atom. The predicted octanol–water partition coefficient (Wildman–Crippen LogP) is 1.44. The van der Waals surface area contributed by atoms with Gasteiger partial charge in [0.05, 0.1) is 0 Å². The van der Waals surface area contributed by atoms with Crippen molar-refractivity contribution in [3.63, 3.8) is 0 Å². The largest absolute Gasteiger partial charge is 0.306 e. The number of thiazole rings is 1. The fourth-order valence-corrected chi connectivity index (χ4v) is 1.95. The molecule has 6 heteroatoms. The summed E-state index contributed by atoms with van der Waals surface area (Å²) in [5, 5.41) is 3.41. The number of nitrogens with zero attached hydrogens (tertiary/aromatic N) is 3. The van der Waals surface area contributed by atoms with E-state index >= 15 is 0 Å². The highest BCUT2D eigenvalue weighted by molar-refractivity contribution is 7.13. The van der Waals surface area contributed by atoms with Crippen LogP contribution in [-0.4, -0.2) is 19.9 Å². The molecule has 0 aliphatic carbocycles. The zero-order chi connectivity index (χ0) is 11.0. The summed E-state index contributed by atoms with van der Waals surface area (Å²) in [6, 6.07) is 3.15. The molecule has 0 aliphatic rings. The smallest absolute Gasteiger partial charge is 0.249 e. The minimum absolute atomic E-state index is 0.170. The van der Waals surface area contributed by atoms with Gasteiger partial charge >= 0.3 is 0 Å². The van der Waals surface area contributed by atoms with Gasteiger partial charge in [-0.15, -0.1) is 11.3 Å². The van der Waals surface area contributed by atoms with Crippen LogP contribution < -0.4 is 5.56 Å². The Labute approximate surface area is 93.9 Å². The Morgan fingerprint density at radius 2 is 2.19 bits per heavy atom. The zero-order valence-electron chi connectivity index (χ0n) is 8.04. The highest BCUT2D eigenvalue weighted by Crippen LogP contribution is 2.18. The van der Waals surface area contributed by atoms with Gasteiger partial charge in [-0.25, -0.2) is 15.0 Å². The molecule has 0 atom stereocenters. The van der Waals surface area contributed by atoms with Gasteiger partial charge in [0.15, 0.2) is 10.8 Å². The van der Waals surface area contributed by atoms with Gasteiger partial charge in [0.2, 0.25) is 5.56 Å². The first kappa shape index (κ1) is 9.17. The van der Waals surface area contributed by atoms with Crippen LogP contribution in [0.15, 0.2) is 34.7 Å². The second-order valence-electron chi connectivity index (χ2n) is 3.16. The van der Waals surface area contributed by atoms with E-state index in [9.17, 15) is 4.79 Å². The van der Waals surface area contributed by atoms with Crippen molar-refractivity contribution in [3.8, 4) is 10.8 Å². The van der Waals surface area contributed by atoms with Gasteiger partial charge in [0, 0.05) is 29.2 Å². The molecule has 3 aromatic rings. The van der Waals surface area contributed by atoms with E-state index in [0.717, 1.165) is 10.4 Å². The molecule has 3 heterocycles. The molecule has 78 valence electrons. The average molecular weight is 230 g/mol. The summed E-state index contributed by atoms with van der Waals surface area (Å²) in [4.78, 5) is 26.4. The van der Waals surface area contributed by atoms with Crippen LogP contribution in [-0.2, 0) is 0 Å². The summed E-state index contributed by atoms with van der Waals surface area (Å²) < 4.78 is 0. The van der Waals surface area contributed by atoms with Crippen LogP contribution in [0.4, 0.5) is 0 Å². The molecule has 3 aromatic heterocycles. The van der Waals surface area contributed by atoms with Crippen LogP contribution in [0.3, 0.4) is 0 Å². The topological polar surface area (TPSA) is 71.5 Å². The molecular weight excluding hydrogens is 224 g/mol. The fourth-order valence-electron chi connectivity index (χ4n) is 1.37. The van der Waals surface area contributed by atoms with Crippen molar-refractivity contribution in [2.24, 2.45) is 0 Å². The number of H-pyrrole nitrogens is 1. The van der Waals surface area contributed by atoms with Gasteiger partial charge < -0.3 is 4.98 Å². The molecule has 0 radical (unpaired) electrons. The highest BCUT2D eigenvalue weighted by atomic mass is 32.1. The summed E-state index contributed by atoms with van der Waals surface area (Å²) in [6.45, 7) is 0. The van der Waals surface area contributed by atoms with Crippen molar-refractivity contribution in [2.75, 3.05) is 0 Å². The first-order valence-electron chi connectivity index (χ1n) is 4.59. The second kappa shape index (κ2) is 3.49. The Bertz CT molecular complexity index is 689. The van der Waals surface area contributed by atoms with Gasteiger partial charge in [-0.3, -0.25) is 4.79 Å². The number of nitrogens with one attached hydrogen (secondary N) is 1. The Kier molecular flexibility index (Phi) is 2.00. The molecule has 3 rings (SSSR count). The normalized spacial score (nSPS) is 10.8. The van der Waals surface area contributed by atoms with E-state index in [1.807, 2.05) is 5.38 Å². The summed E-state index contributed by atoms with van der Waals surface area (Å²) in [7, 11) is 0. The maximum absolute atomic E-state index is 11.2. The van der Waals surface area contributed by atoms with E-state index < -0.39 is 0 Å². The van der Waals surface area contributed by atoms with Gasteiger partial charge in [-0.2, -0.15) is 0 Å². The van der Waals surface area contributed by atoms with Crippen LogP contribution in [0, 0.1) is 0 Å². The summed E-state index contributed by atoms with van der Waals surface area (Å²) in [6.07, 6.45) is 3.37. The van der Waals surface area contributed by atoms with Crippen LogP contribution in [0.1, 0.15) is 0 Å². The standard InChI is InChI=1S/C10H6N4OS/c15-7-2-1-6-5-12-9(14-8(6)13-7)10-11-3-4-16-10/h1-5H,(H,12,13,14,15). The van der Waals surface area contributed by atoms with Crippen molar-refractivity contribution in [2.45, 2.75) is 0 Å². The van der Waals surface area contributed by atoms with Crippen molar-refractivity contribution in [1.82, 2.24) is 19.9 Å². The summed E-state index contributed by atoms with van der Waals surface area (Å²) >= 11 is 1.46. The SMILES string of the molecule is O=c1ccc2cnc(-c3nccs3)nc2[nH]1. The van der Waals surface area contributed by atoms with Gasteiger partial charge in [-0.05, 0) is 6.07 Å². The minimum Gasteiger partial charge on any atom is -0.306 e. The highest BCUT2D eigenvalue weighted by Gasteiger charge is 2.05. The number of aromatic amines is 1. The molecule has 0 saturated carbocycles. The number of rotatable bonds is 1. The average Bonchev–Trinajstić information content (AvgIpc) is 2.81. The van der Waals surface area contributed by atoms with Crippen LogP contribution in [0.2, 0.25) is 0 Å². The first-order chi connectivity index (χ1) is 7.83. The lowest BCUT2D eigenvalue weighted by molar-refractivity contribution is 1.16. The number of aromatic nitrogens is 4. The number of hydrogen-bond donors (Lipinski definition) is 1. The lowest BCUT2D eigenvalue weighted by Crippen LogP contribution is -2.04. The first-order valence-corrected chi connectivity index (χ1v) is 5.47. The van der Waals surface area contributed by atoms with Crippen molar-refractivity contribution in [1.29, 1.82) is 0 Å². The van der Waals surface area contributed by atoms with Gasteiger partial charge in [0.25, 0.3) is 0 Å². The van der Waals surface area contributed by atoms with Gasteiger partial charge in [-0.1, -0.05) is 0 Å². The van der Waals surface area contributed by atoms with Gasteiger partial charge in [0.1, 0.15) is 5.65 Å². The Morgan fingerprint density at radius 1 is 1.25 bits per heavy atom. The van der Waals surface area contributed by atoms with E-state index in [-0.39, 0.29) is 5.56 Å². The van der Waals surface area contributed by atoms with E-state index in [1.54, 1.807) is 18.5 Å². The number of fused-ring (bicyclic) bond motifs is 1. The van der Waals surface area contributed by atoms with E-state index in [2.05, 4.69) is 19.9 Å². The monoisotopic (exact) mass is 230 g/mol. The fraction of sp³-hybridized carbons (Fsp3) is 0. The third-order valence-corrected chi connectivity index (χ3v) is 2.87. The molecule has 1 N–H and O–H groups in total. The molecule has 0 aliphatic heterocycles. The van der Waals surface area contributed by atoms with Crippen molar-refractivity contribution >= 4 is 22.4 Å². The minimum atomic E-state index is -0.170. The Hall–Kier alpha value is -2.08. The number of pyridine rings is 1. The second-order valence-corrected chi connectivity index (χ2v) is 4.05. The van der Waals surface area contributed by atoms with E-state index in [1.165, 1.54) is 17.4 Å². The molecule has 0 bridgehead atoms. The van der Waals surface area contributed by atoms with Crippen molar-refractivity contribution < 1.29 is 0 Å². The Balaban J connectivity index is 2.26. The zero-order valence-corrected chi connectivity index (χ0v) is 8.86. The maximum Gasteiger partial charge on any atom is 0.249 e. The molecule has 0 unspecified atom stereocenters. The predicted molar refractivity (Wildman–Crippen MR) is 61.3 cm³/mol. The van der Waals surface area contributed by atoms with Crippen molar-refractivity contribution in [3.05, 3.63) is 40.3 Å². The molecule has 0 saturated heterocycles. The van der Waals surface area contributed by atoms with Crippen LogP contribution in [0.5, 0.6) is 0 Å². The van der Waals surface area contributed by atoms with E-state index in [4.69, 9.17) is 0 Å². The lowest BCUT2D eigenvalue weighted by Gasteiger charge is -1.97. The maximum atomic E-state index is 11.2. The molecule has 0 fully saturated rings. The summed E-state index contributed by atoms with van der Waals surface area (Å²) in [5.41, 5.74) is 0.365. The molecule has 16 heavy (non-hydrogen) atoms. The van der Waals surface area contributed by atoms with E-state index in [0.29, 0.717) is 11.5 Å².